The van der Waals surface area contributed by atoms with Crippen molar-refractivity contribution in [1.82, 2.24) is 14.8 Å². The van der Waals surface area contributed by atoms with Gasteiger partial charge < -0.3 is 0 Å². The molecule has 2 heterocycles. The van der Waals surface area contributed by atoms with Gasteiger partial charge in [0.05, 0.1) is 27.4 Å². The number of nitrogens with zero attached hydrogens (tertiary/aromatic N) is 5. The van der Waals surface area contributed by atoms with E-state index in [1.54, 1.807) is 23.1 Å². The van der Waals surface area contributed by atoms with Crippen molar-refractivity contribution in [1.29, 1.82) is 0 Å². The summed E-state index contributed by atoms with van der Waals surface area (Å²) in [6.07, 6.45) is 3.09. The predicted molar refractivity (Wildman–Crippen MR) is 136 cm³/mol. The van der Waals surface area contributed by atoms with Crippen LogP contribution in [0.4, 0.5) is 10.8 Å². The van der Waals surface area contributed by atoms with Gasteiger partial charge in [0.2, 0.25) is 0 Å². The zero-order valence-electron chi connectivity index (χ0n) is 18.9. The molecule has 10 heteroatoms. The largest absolute Gasteiger partial charge is 0.283 e. The normalized spacial score (nSPS) is 11.4. The minimum atomic E-state index is -0.458. The SMILES string of the molecule is Cc1cc(C)n(CCN(C(=O)/C=C/c2ccc([N+](=O)[O-])cc2)c2nc3c(C)cc(Cl)cc3s2)n1. The Morgan fingerprint density at radius 3 is 2.59 bits per heavy atom. The highest BCUT2D eigenvalue weighted by atomic mass is 35.5. The molecule has 4 aromatic rings. The second kappa shape index (κ2) is 9.74. The molecule has 0 fully saturated rings. The highest BCUT2D eigenvalue weighted by molar-refractivity contribution is 7.22. The van der Waals surface area contributed by atoms with E-state index in [2.05, 4.69) is 5.10 Å². The first-order valence-electron chi connectivity index (χ1n) is 10.5. The molecule has 34 heavy (non-hydrogen) atoms. The number of carbonyl (C=O) groups excluding carboxylic acids is 1. The van der Waals surface area contributed by atoms with Gasteiger partial charge in [-0.15, -0.1) is 0 Å². The van der Waals surface area contributed by atoms with Crippen molar-refractivity contribution in [3.63, 3.8) is 0 Å². The molecule has 174 valence electrons. The summed E-state index contributed by atoms with van der Waals surface area (Å²) in [6.45, 7) is 6.72. The van der Waals surface area contributed by atoms with Gasteiger partial charge >= 0.3 is 0 Å². The number of aromatic nitrogens is 3. The van der Waals surface area contributed by atoms with E-state index in [0.29, 0.717) is 28.8 Å². The van der Waals surface area contributed by atoms with Crippen LogP contribution in [0, 0.1) is 30.9 Å². The quantitative estimate of drug-likeness (QED) is 0.185. The van der Waals surface area contributed by atoms with Gasteiger partial charge in [0.1, 0.15) is 0 Å². The van der Waals surface area contributed by atoms with E-state index >= 15 is 0 Å². The number of nitro benzene ring substituents is 1. The number of aryl methyl sites for hydroxylation is 3. The number of amides is 1. The molecule has 0 aliphatic carbocycles. The fourth-order valence-corrected chi connectivity index (χ4v) is 5.07. The highest BCUT2D eigenvalue weighted by Gasteiger charge is 2.19. The van der Waals surface area contributed by atoms with E-state index in [1.165, 1.54) is 29.5 Å². The third-order valence-electron chi connectivity index (χ3n) is 5.30. The molecule has 2 aromatic carbocycles. The molecule has 0 aliphatic heterocycles. The van der Waals surface area contributed by atoms with E-state index in [0.717, 1.165) is 27.2 Å². The number of thiazole rings is 1. The van der Waals surface area contributed by atoms with Crippen LogP contribution in [0.25, 0.3) is 16.3 Å². The number of fused-ring (bicyclic) bond motifs is 1. The molecule has 0 atom stereocenters. The van der Waals surface area contributed by atoms with Gasteiger partial charge in [0.25, 0.3) is 11.6 Å². The topological polar surface area (TPSA) is 94.2 Å². The molecular weight excluding hydrogens is 474 g/mol. The smallest absolute Gasteiger partial charge is 0.269 e. The van der Waals surface area contributed by atoms with Crippen LogP contribution in [-0.2, 0) is 11.3 Å². The number of hydrogen-bond donors (Lipinski definition) is 0. The number of benzene rings is 2. The molecule has 0 bridgehead atoms. The molecule has 0 aliphatic rings. The van der Waals surface area contributed by atoms with Gasteiger partial charge in [0, 0.05) is 35.5 Å². The lowest BCUT2D eigenvalue weighted by atomic mass is 10.2. The summed E-state index contributed by atoms with van der Waals surface area (Å²) in [5, 5.41) is 16.5. The van der Waals surface area contributed by atoms with Crippen molar-refractivity contribution in [3.05, 3.63) is 86.2 Å². The number of non-ortho nitro benzene ring substituents is 1. The summed E-state index contributed by atoms with van der Waals surface area (Å²) >= 11 is 7.62. The average Bonchev–Trinajstić information content (AvgIpc) is 3.35. The Balaban J connectivity index is 1.63. The lowest BCUT2D eigenvalue weighted by molar-refractivity contribution is -0.384. The minimum Gasteiger partial charge on any atom is -0.283 e. The van der Waals surface area contributed by atoms with Gasteiger partial charge in [-0.3, -0.25) is 24.5 Å². The first kappa shape index (κ1) is 23.6. The Hall–Kier alpha value is -3.56. The van der Waals surface area contributed by atoms with Crippen LogP contribution in [0.3, 0.4) is 0 Å². The maximum Gasteiger partial charge on any atom is 0.269 e. The van der Waals surface area contributed by atoms with Gasteiger partial charge in [0.15, 0.2) is 5.13 Å². The summed E-state index contributed by atoms with van der Waals surface area (Å²) in [5.41, 5.74) is 4.37. The van der Waals surface area contributed by atoms with Crippen LogP contribution < -0.4 is 4.90 Å². The molecule has 0 N–H and O–H groups in total. The molecule has 2 aromatic heterocycles. The van der Waals surface area contributed by atoms with Gasteiger partial charge in [-0.2, -0.15) is 5.10 Å². The van der Waals surface area contributed by atoms with Crippen LogP contribution >= 0.6 is 22.9 Å². The third kappa shape index (κ3) is 5.16. The number of halogens is 1. The molecule has 0 spiro atoms. The standard InChI is InChI=1S/C24H22ClN5O3S/c1-15-12-19(25)14-21-23(15)26-24(34-21)28(10-11-29-17(3)13-16(2)27-29)22(31)9-6-18-4-7-20(8-5-18)30(32)33/h4-9,12-14H,10-11H2,1-3H3/b9-6+. The molecule has 1 amide bonds. The molecule has 0 radical (unpaired) electrons. The van der Waals surface area contributed by atoms with Crippen molar-refractivity contribution in [2.24, 2.45) is 0 Å². The van der Waals surface area contributed by atoms with Gasteiger partial charge in [-0.1, -0.05) is 22.9 Å². The van der Waals surface area contributed by atoms with Crippen molar-refractivity contribution in [2.45, 2.75) is 27.3 Å². The zero-order chi connectivity index (χ0) is 24.4. The number of nitro groups is 1. The Bertz CT molecular complexity index is 1410. The first-order valence-corrected chi connectivity index (χ1v) is 11.7. The van der Waals surface area contributed by atoms with Crippen LogP contribution in [0.15, 0.2) is 48.5 Å². The van der Waals surface area contributed by atoms with Crippen LogP contribution in [0.2, 0.25) is 5.02 Å². The van der Waals surface area contributed by atoms with E-state index in [1.807, 2.05) is 43.7 Å². The van der Waals surface area contributed by atoms with Crippen molar-refractivity contribution < 1.29 is 9.72 Å². The summed E-state index contributed by atoms with van der Waals surface area (Å²) in [7, 11) is 0. The number of rotatable bonds is 7. The average molecular weight is 496 g/mol. The van der Waals surface area contributed by atoms with E-state index < -0.39 is 4.92 Å². The van der Waals surface area contributed by atoms with E-state index in [4.69, 9.17) is 16.6 Å². The Morgan fingerprint density at radius 2 is 1.94 bits per heavy atom. The molecule has 0 unspecified atom stereocenters. The number of carbonyl (C=O) groups is 1. The molecule has 0 saturated heterocycles. The van der Waals surface area contributed by atoms with Crippen LogP contribution in [0.5, 0.6) is 0 Å². The second-order valence-electron chi connectivity index (χ2n) is 7.89. The van der Waals surface area contributed by atoms with E-state index in [9.17, 15) is 14.9 Å². The zero-order valence-corrected chi connectivity index (χ0v) is 20.4. The number of hydrogen-bond acceptors (Lipinski definition) is 6. The lowest BCUT2D eigenvalue weighted by Crippen LogP contribution is -2.33. The Labute approximate surface area is 205 Å². The molecule has 8 nitrogen and oxygen atoms in total. The van der Waals surface area contributed by atoms with E-state index in [-0.39, 0.29) is 11.6 Å². The van der Waals surface area contributed by atoms with Gasteiger partial charge in [-0.05, 0) is 68.3 Å². The summed E-state index contributed by atoms with van der Waals surface area (Å²) in [5.74, 6) is -0.248. The lowest BCUT2D eigenvalue weighted by Gasteiger charge is -2.18. The second-order valence-corrected chi connectivity index (χ2v) is 9.33. The third-order valence-corrected chi connectivity index (χ3v) is 6.54. The summed E-state index contributed by atoms with van der Waals surface area (Å²) in [6, 6.07) is 11.7. The van der Waals surface area contributed by atoms with Crippen molar-refractivity contribution in [3.8, 4) is 0 Å². The van der Waals surface area contributed by atoms with Crippen molar-refractivity contribution in [2.75, 3.05) is 11.4 Å². The maximum atomic E-state index is 13.3. The fraction of sp³-hybridized carbons (Fsp3) is 0.208. The molecule has 0 saturated carbocycles. The Kier molecular flexibility index (Phi) is 6.76. The molecular formula is C24H22ClN5O3S. The number of anilines is 1. The predicted octanol–water partition coefficient (Wildman–Crippen LogP) is 5.73. The first-order chi connectivity index (χ1) is 16.2. The highest BCUT2D eigenvalue weighted by Crippen LogP contribution is 2.33. The van der Waals surface area contributed by atoms with Crippen molar-refractivity contribution >= 4 is 56.0 Å². The summed E-state index contributed by atoms with van der Waals surface area (Å²) in [4.78, 5) is 30.0. The van der Waals surface area contributed by atoms with Crippen LogP contribution in [-0.4, -0.2) is 32.1 Å². The molecule has 4 rings (SSSR count). The van der Waals surface area contributed by atoms with Gasteiger partial charge in [-0.25, -0.2) is 4.98 Å². The monoisotopic (exact) mass is 495 g/mol. The Morgan fingerprint density at radius 1 is 1.21 bits per heavy atom. The maximum absolute atomic E-state index is 13.3. The fourth-order valence-electron chi connectivity index (χ4n) is 3.62. The van der Waals surface area contributed by atoms with Crippen LogP contribution in [0.1, 0.15) is 22.5 Å². The summed E-state index contributed by atoms with van der Waals surface area (Å²) < 4.78 is 2.77. The minimum absolute atomic E-state index is 0.00139.